The fourth-order valence-electron chi connectivity index (χ4n) is 2.70. The van der Waals surface area contributed by atoms with Crippen LogP contribution in [-0.4, -0.2) is 45.8 Å². The summed E-state index contributed by atoms with van der Waals surface area (Å²) in [6.45, 7) is 3.76. The van der Waals surface area contributed by atoms with E-state index < -0.39 is 18.0 Å². The van der Waals surface area contributed by atoms with Gasteiger partial charge in [-0.1, -0.05) is 6.07 Å². The van der Waals surface area contributed by atoms with Crippen LogP contribution < -0.4 is 4.90 Å². The molecule has 0 saturated carbocycles. The van der Waals surface area contributed by atoms with E-state index in [0.29, 0.717) is 25.5 Å². The van der Waals surface area contributed by atoms with E-state index in [1.54, 1.807) is 12.1 Å². The number of piperazine rings is 1. The van der Waals surface area contributed by atoms with Gasteiger partial charge in [0.25, 0.3) is 0 Å². The summed E-state index contributed by atoms with van der Waals surface area (Å²) in [5.74, 6) is -1.42. The quantitative estimate of drug-likeness (QED) is 0.629. The summed E-state index contributed by atoms with van der Waals surface area (Å²) in [6.07, 6.45) is -4.64. The minimum absolute atomic E-state index is 0.0121. The lowest BCUT2D eigenvalue weighted by molar-refractivity contribution is -0.157. The highest BCUT2D eigenvalue weighted by atomic mass is 19.4. The number of hydrogen-bond acceptors (Lipinski definition) is 6. The van der Waals surface area contributed by atoms with Gasteiger partial charge in [-0.25, -0.2) is 4.98 Å². The van der Waals surface area contributed by atoms with Crippen molar-refractivity contribution in [1.82, 2.24) is 20.1 Å². The molecule has 10 heteroatoms. The molecule has 0 N–H and O–H groups in total. The molecule has 0 spiro atoms. The van der Waals surface area contributed by atoms with E-state index in [-0.39, 0.29) is 18.5 Å². The summed E-state index contributed by atoms with van der Waals surface area (Å²) in [5.41, 5.74) is 0. The van der Waals surface area contributed by atoms with Crippen LogP contribution in [0, 0.1) is 5.95 Å². The first-order valence-corrected chi connectivity index (χ1v) is 7.34. The third-order valence-corrected chi connectivity index (χ3v) is 3.77. The Labute approximate surface area is 135 Å². The predicted octanol–water partition coefficient (Wildman–Crippen LogP) is 2.33. The second-order valence-corrected chi connectivity index (χ2v) is 5.59. The van der Waals surface area contributed by atoms with Gasteiger partial charge in [-0.2, -0.15) is 17.6 Å². The van der Waals surface area contributed by atoms with Crippen LogP contribution in [0.2, 0.25) is 0 Å². The molecule has 6 nitrogen and oxygen atoms in total. The molecule has 2 aromatic heterocycles. The van der Waals surface area contributed by atoms with Crippen molar-refractivity contribution in [3.05, 3.63) is 35.9 Å². The van der Waals surface area contributed by atoms with E-state index in [2.05, 4.69) is 19.6 Å². The van der Waals surface area contributed by atoms with Crippen molar-refractivity contribution in [2.45, 2.75) is 25.7 Å². The third-order valence-electron chi connectivity index (χ3n) is 3.77. The van der Waals surface area contributed by atoms with E-state index in [1.165, 1.54) is 6.07 Å². The Morgan fingerprint density at radius 3 is 2.67 bits per heavy atom. The van der Waals surface area contributed by atoms with Gasteiger partial charge in [-0.15, -0.1) is 10.2 Å². The maximum Gasteiger partial charge on any atom is 0.470 e. The summed E-state index contributed by atoms with van der Waals surface area (Å²) in [5, 5.41) is 6.45. The van der Waals surface area contributed by atoms with Gasteiger partial charge in [-0.05, 0) is 19.1 Å². The number of hydrogen-bond donors (Lipinski definition) is 0. The maximum absolute atomic E-state index is 13.2. The second kappa shape index (κ2) is 6.34. The van der Waals surface area contributed by atoms with Crippen molar-refractivity contribution < 1.29 is 22.0 Å². The molecule has 0 aromatic carbocycles. The molecule has 130 valence electrons. The number of aromatic nitrogens is 3. The van der Waals surface area contributed by atoms with Crippen LogP contribution in [0.3, 0.4) is 0 Å². The number of anilines is 1. The van der Waals surface area contributed by atoms with Crippen molar-refractivity contribution in [2.24, 2.45) is 0 Å². The van der Waals surface area contributed by atoms with Gasteiger partial charge in [0, 0.05) is 25.7 Å². The highest BCUT2D eigenvalue weighted by Crippen LogP contribution is 2.28. The van der Waals surface area contributed by atoms with Crippen LogP contribution in [0.4, 0.5) is 23.4 Å². The minimum atomic E-state index is -4.64. The molecule has 3 rings (SSSR count). The monoisotopic (exact) mass is 345 g/mol. The SMILES string of the molecule is CC1CN(Cc2nnc(C(F)(F)F)o2)CCN1c1cccc(F)n1. The standard InChI is InChI=1S/C14H15F4N5O/c1-9-7-22(8-12-20-21-13(24-12)14(16,17)18)5-6-23(9)11-4-2-3-10(15)19-11/h2-4,9H,5-8H2,1H3. The zero-order valence-corrected chi connectivity index (χ0v) is 12.8. The number of rotatable bonds is 3. The molecule has 0 amide bonds. The molecule has 1 unspecified atom stereocenters. The van der Waals surface area contributed by atoms with E-state index in [4.69, 9.17) is 0 Å². The van der Waals surface area contributed by atoms with Crippen LogP contribution in [0.5, 0.6) is 0 Å². The van der Waals surface area contributed by atoms with Gasteiger partial charge in [0.2, 0.25) is 11.8 Å². The molecule has 1 saturated heterocycles. The molecular formula is C14H15F4N5O. The third kappa shape index (κ3) is 3.64. The molecule has 3 heterocycles. The minimum Gasteiger partial charge on any atom is -0.416 e. The Bertz CT molecular complexity index is 704. The van der Waals surface area contributed by atoms with Crippen molar-refractivity contribution >= 4 is 5.82 Å². The first-order chi connectivity index (χ1) is 11.3. The molecule has 0 aliphatic carbocycles. The van der Waals surface area contributed by atoms with Crippen LogP contribution >= 0.6 is 0 Å². The van der Waals surface area contributed by atoms with Crippen LogP contribution in [-0.2, 0) is 12.7 Å². The maximum atomic E-state index is 13.2. The van der Waals surface area contributed by atoms with E-state index in [1.807, 2.05) is 16.7 Å². The molecule has 1 fully saturated rings. The highest BCUT2D eigenvalue weighted by Gasteiger charge is 2.38. The lowest BCUT2D eigenvalue weighted by Crippen LogP contribution is -2.52. The Balaban J connectivity index is 1.62. The molecular weight excluding hydrogens is 330 g/mol. The molecule has 24 heavy (non-hydrogen) atoms. The Morgan fingerprint density at radius 1 is 1.25 bits per heavy atom. The van der Waals surface area contributed by atoms with Gasteiger partial charge in [-0.3, -0.25) is 4.90 Å². The zero-order valence-electron chi connectivity index (χ0n) is 12.8. The van der Waals surface area contributed by atoms with Gasteiger partial charge in [0.1, 0.15) is 5.82 Å². The van der Waals surface area contributed by atoms with E-state index >= 15 is 0 Å². The Hall–Kier alpha value is -2.23. The van der Waals surface area contributed by atoms with Gasteiger partial charge >= 0.3 is 12.1 Å². The van der Waals surface area contributed by atoms with E-state index in [0.717, 1.165) is 0 Å². The van der Waals surface area contributed by atoms with Crippen molar-refractivity contribution in [2.75, 3.05) is 24.5 Å². The van der Waals surface area contributed by atoms with Crippen molar-refractivity contribution in [1.29, 1.82) is 0 Å². The normalized spacial score (nSPS) is 19.7. The molecule has 1 aliphatic heterocycles. The summed E-state index contributed by atoms with van der Waals surface area (Å²) >= 11 is 0. The molecule has 2 aromatic rings. The number of nitrogens with zero attached hydrogens (tertiary/aromatic N) is 5. The largest absolute Gasteiger partial charge is 0.470 e. The fraction of sp³-hybridized carbons (Fsp3) is 0.500. The highest BCUT2D eigenvalue weighted by molar-refractivity contribution is 5.40. The molecule has 1 atom stereocenters. The second-order valence-electron chi connectivity index (χ2n) is 5.59. The zero-order chi connectivity index (χ0) is 17.3. The van der Waals surface area contributed by atoms with Gasteiger partial charge in [0.15, 0.2) is 0 Å². The lowest BCUT2D eigenvalue weighted by atomic mass is 10.2. The van der Waals surface area contributed by atoms with Crippen LogP contribution in [0.25, 0.3) is 0 Å². The predicted molar refractivity (Wildman–Crippen MR) is 75.6 cm³/mol. The number of halogens is 4. The Morgan fingerprint density at radius 2 is 2.04 bits per heavy atom. The molecule has 0 bridgehead atoms. The first-order valence-electron chi connectivity index (χ1n) is 7.34. The molecule has 1 aliphatic rings. The Kier molecular flexibility index (Phi) is 4.39. The molecule has 0 radical (unpaired) electrons. The van der Waals surface area contributed by atoms with Crippen LogP contribution in [0.1, 0.15) is 18.7 Å². The average molecular weight is 345 g/mol. The van der Waals surface area contributed by atoms with Crippen molar-refractivity contribution in [3.63, 3.8) is 0 Å². The lowest BCUT2D eigenvalue weighted by Gasteiger charge is -2.40. The van der Waals surface area contributed by atoms with Gasteiger partial charge in [0.05, 0.1) is 6.54 Å². The summed E-state index contributed by atoms with van der Waals surface area (Å²) < 4.78 is 55.3. The van der Waals surface area contributed by atoms with Crippen molar-refractivity contribution in [3.8, 4) is 0 Å². The average Bonchev–Trinajstić information content (AvgIpc) is 2.96. The summed E-state index contributed by atoms with van der Waals surface area (Å²) in [7, 11) is 0. The fourth-order valence-corrected chi connectivity index (χ4v) is 2.70. The van der Waals surface area contributed by atoms with Crippen LogP contribution in [0.15, 0.2) is 22.6 Å². The summed E-state index contributed by atoms with van der Waals surface area (Å²) in [4.78, 5) is 7.73. The number of alkyl halides is 3. The topological polar surface area (TPSA) is 58.3 Å². The van der Waals surface area contributed by atoms with E-state index in [9.17, 15) is 17.6 Å². The smallest absolute Gasteiger partial charge is 0.416 e. The summed E-state index contributed by atoms with van der Waals surface area (Å²) in [6, 6.07) is 4.60. The number of pyridine rings is 1. The first kappa shape index (κ1) is 16.6. The van der Waals surface area contributed by atoms with Gasteiger partial charge < -0.3 is 9.32 Å².